The summed E-state index contributed by atoms with van der Waals surface area (Å²) in [7, 11) is 1.34. The number of hydrogen-bond acceptors (Lipinski definition) is 8. The van der Waals surface area contributed by atoms with Crippen molar-refractivity contribution in [3.63, 3.8) is 0 Å². The second-order valence-corrected chi connectivity index (χ2v) is 9.62. The number of rotatable bonds is 13. The van der Waals surface area contributed by atoms with Crippen LogP contribution in [0.3, 0.4) is 0 Å². The molecule has 0 spiro atoms. The van der Waals surface area contributed by atoms with Crippen molar-refractivity contribution in [3.8, 4) is 23.0 Å². The van der Waals surface area contributed by atoms with Gasteiger partial charge in [-0.05, 0) is 85.7 Å². The molecular weight excluding hydrogens is 569 g/mol. The molecule has 11 heteroatoms. The Kier molecular flexibility index (Phi) is 10.1. The molecule has 0 amide bonds. The quantitative estimate of drug-likeness (QED) is 0.0906. The number of alkyl halides is 3. The molecule has 0 unspecified atom stereocenters. The summed E-state index contributed by atoms with van der Waals surface area (Å²) in [4.78, 5) is 36.4. The van der Waals surface area contributed by atoms with E-state index in [9.17, 15) is 27.6 Å². The van der Waals surface area contributed by atoms with E-state index in [1.165, 1.54) is 25.3 Å². The number of benzene rings is 3. The number of methoxy groups -OCH3 is 1. The van der Waals surface area contributed by atoms with Crippen molar-refractivity contribution < 1.29 is 51.2 Å². The number of hydrogen-bond donors (Lipinski definition) is 0. The minimum absolute atomic E-state index is 0.0909. The van der Waals surface area contributed by atoms with E-state index in [1.807, 2.05) is 12.1 Å². The number of unbranched alkanes of at least 4 members (excludes halogenated alkanes) is 1. The molecule has 1 fully saturated rings. The van der Waals surface area contributed by atoms with Gasteiger partial charge < -0.3 is 23.7 Å². The fourth-order valence-corrected chi connectivity index (χ4v) is 4.05. The standard InChI is InChI=1S/C32H29F3O8/c1-3-29(36)41-17-5-4-16-40-27-15-11-23(19-28(27)39-2)31(38)43-26-14-10-22(18-25(26)32(33,34)35)30(37)42-24-12-8-21(9-13-24)20-6-7-20/h3,8-15,18-20H,1,4-7,16-17H2,2H3. The molecule has 1 saturated carbocycles. The predicted molar refractivity (Wildman–Crippen MR) is 149 cm³/mol. The van der Waals surface area contributed by atoms with Crippen LogP contribution in [0.15, 0.2) is 73.3 Å². The average molecular weight is 599 g/mol. The highest BCUT2D eigenvalue weighted by Gasteiger charge is 2.36. The maximum Gasteiger partial charge on any atom is 0.420 e. The molecule has 0 bridgehead atoms. The van der Waals surface area contributed by atoms with E-state index >= 15 is 0 Å². The Labute approximate surface area is 246 Å². The van der Waals surface area contributed by atoms with Crippen LogP contribution in [0, 0.1) is 0 Å². The van der Waals surface area contributed by atoms with Gasteiger partial charge >= 0.3 is 24.1 Å². The number of ether oxygens (including phenoxy) is 5. The van der Waals surface area contributed by atoms with Gasteiger partial charge in [-0.1, -0.05) is 18.7 Å². The highest BCUT2D eigenvalue weighted by molar-refractivity contribution is 5.93. The van der Waals surface area contributed by atoms with E-state index < -0.39 is 35.4 Å². The largest absolute Gasteiger partial charge is 0.493 e. The SMILES string of the molecule is C=CC(=O)OCCCCOc1ccc(C(=O)Oc2ccc(C(=O)Oc3ccc(C4CC4)cc3)cc2C(F)(F)F)cc1OC. The second-order valence-electron chi connectivity index (χ2n) is 9.62. The van der Waals surface area contributed by atoms with Crippen molar-refractivity contribution in [2.24, 2.45) is 0 Å². The van der Waals surface area contributed by atoms with Crippen LogP contribution in [-0.4, -0.2) is 38.2 Å². The minimum atomic E-state index is -4.93. The second kappa shape index (κ2) is 13.9. The van der Waals surface area contributed by atoms with Crippen LogP contribution in [0.1, 0.15) is 63.4 Å². The Hall–Kier alpha value is -4.80. The van der Waals surface area contributed by atoms with Crippen LogP contribution < -0.4 is 18.9 Å². The summed E-state index contributed by atoms with van der Waals surface area (Å²) in [6, 6.07) is 13.4. The molecule has 4 rings (SSSR count). The first-order valence-electron chi connectivity index (χ1n) is 13.4. The molecule has 8 nitrogen and oxygen atoms in total. The fourth-order valence-electron chi connectivity index (χ4n) is 4.05. The smallest absolute Gasteiger partial charge is 0.420 e. The van der Waals surface area contributed by atoms with Gasteiger partial charge in [0.1, 0.15) is 11.5 Å². The highest BCUT2D eigenvalue weighted by Crippen LogP contribution is 2.41. The van der Waals surface area contributed by atoms with Crippen LogP contribution in [0.5, 0.6) is 23.0 Å². The molecule has 0 aliphatic heterocycles. The summed E-state index contributed by atoms with van der Waals surface area (Å²) in [5, 5.41) is 0. The number of carbonyl (C=O) groups is 3. The third-order valence-corrected chi connectivity index (χ3v) is 6.47. The summed E-state index contributed by atoms with van der Waals surface area (Å²) < 4.78 is 67.9. The zero-order valence-electron chi connectivity index (χ0n) is 23.3. The fraction of sp³-hybridized carbons (Fsp3) is 0.281. The first kappa shape index (κ1) is 31.1. The van der Waals surface area contributed by atoms with E-state index in [1.54, 1.807) is 12.1 Å². The van der Waals surface area contributed by atoms with Crippen LogP contribution >= 0.6 is 0 Å². The Morgan fingerprint density at radius 2 is 1.47 bits per heavy atom. The van der Waals surface area contributed by atoms with E-state index in [2.05, 4.69) is 6.58 Å². The van der Waals surface area contributed by atoms with Crippen molar-refractivity contribution in [1.29, 1.82) is 0 Å². The van der Waals surface area contributed by atoms with E-state index in [-0.39, 0.29) is 35.8 Å². The van der Waals surface area contributed by atoms with Gasteiger partial charge in [-0.15, -0.1) is 0 Å². The van der Waals surface area contributed by atoms with Crippen LogP contribution in [-0.2, 0) is 15.7 Å². The Morgan fingerprint density at radius 1 is 0.837 bits per heavy atom. The average Bonchev–Trinajstić information content (AvgIpc) is 3.84. The van der Waals surface area contributed by atoms with Gasteiger partial charge in [0, 0.05) is 6.08 Å². The monoisotopic (exact) mass is 598 g/mol. The third kappa shape index (κ3) is 8.60. The first-order valence-corrected chi connectivity index (χ1v) is 13.4. The molecule has 0 aromatic heterocycles. The van der Waals surface area contributed by atoms with Gasteiger partial charge in [0.25, 0.3) is 0 Å². The third-order valence-electron chi connectivity index (χ3n) is 6.47. The van der Waals surface area contributed by atoms with Gasteiger partial charge in [-0.25, -0.2) is 14.4 Å². The lowest BCUT2D eigenvalue weighted by atomic mass is 10.1. The molecule has 3 aromatic carbocycles. The van der Waals surface area contributed by atoms with Gasteiger partial charge in [-0.3, -0.25) is 0 Å². The summed E-state index contributed by atoms with van der Waals surface area (Å²) in [6.45, 7) is 3.76. The lowest BCUT2D eigenvalue weighted by molar-refractivity contribution is -0.139. The summed E-state index contributed by atoms with van der Waals surface area (Å²) in [5.41, 5.74) is -0.650. The molecule has 3 aromatic rings. The molecule has 0 radical (unpaired) electrons. The van der Waals surface area contributed by atoms with Crippen molar-refractivity contribution in [2.45, 2.75) is 37.8 Å². The Balaban J connectivity index is 1.40. The zero-order valence-corrected chi connectivity index (χ0v) is 23.3. The Bertz CT molecular complexity index is 1480. The minimum Gasteiger partial charge on any atom is -0.493 e. The Morgan fingerprint density at radius 3 is 2.09 bits per heavy atom. The van der Waals surface area contributed by atoms with Gasteiger partial charge in [0.15, 0.2) is 11.5 Å². The molecule has 43 heavy (non-hydrogen) atoms. The summed E-state index contributed by atoms with van der Waals surface area (Å²) in [5.74, 6) is -2.20. The van der Waals surface area contributed by atoms with Gasteiger partial charge in [-0.2, -0.15) is 13.2 Å². The van der Waals surface area contributed by atoms with Gasteiger partial charge in [0.05, 0.1) is 37.0 Å². The molecule has 0 saturated heterocycles. The van der Waals surface area contributed by atoms with Crippen LogP contribution in [0.25, 0.3) is 0 Å². The summed E-state index contributed by atoms with van der Waals surface area (Å²) >= 11 is 0. The highest BCUT2D eigenvalue weighted by atomic mass is 19.4. The van der Waals surface area contributed by atoms with E-state index in [0.29, 0.717) is 30.6 Å². The van der Waals surface area contributed by atoms with Crippen molar-refractivity contribution >= 4 is 17.9 Å². The topological polar surface area (TPSA) is 97.4 Å². The molecule has 0 atom stereocenters. The zero-order chi connectivity index (χ0) is 31.0. The maximum absolute atomic E-state index is 13.9. The summed E-state index contributed by atoms with van der Waals surface area (Å²) in [6.07, 6.45) is -0.576. The number of halogens is 3. The maximum atomic E-state index is 13.9. The predicted octanol–water partition coefficient (Wildman–Crippen LogP) is 6.92. The lowest BCUT2D eigenvalue weighted by Gasteiger charge is -2.15. The first-order chi connectivity index (χ1) is 20.6. The molecule has 0 heterocycles. The molecule has 0 N–H and O–H groups in total. The van der Waals surface area contributed by atoms with Crippen molar-refractivity contribution in [1.82, 2.24) is 0 Å². The van der Waals surface area contributed by atoms with Crippen LogP contribution in [0.4, 0.5) is 13.2 Å². The van der Waals surface area contributed by atoms with Crippen molar-refractivity contribution in [2.75, 3.05) is 20.3 Å². The molecular formula is C32H29F3O8. The van der Waals surface area contributed by atoms with Crippen LogP contribution in [0.2, 0.25) is 0 Å². The lowest BCUT2D eigenvalue weighted by Crippen LogP contribution is -2.16. The molecule has 226 valence electrons. The van der Waals surface area contributed by atoms with E-state index in [4.69, 9.17) is 23.7 Å². The number of esters is 3. The van der Waals surface area contributed by atoms with E-state index in [0.717, 1.165) is 36.6 Å². The molecule has 1 aliphatic carbocycles. The molecule has 1 aliphatic rings. The van der Waals surface area contributed by atoms with Crippen molar-refractivity contribution in [3.05, 3.63) is 95.6 Å². The van der Waals surface area contributed by atoms with Gasteiger partial charge in [0.2, 0.25) is 0 Å². The number of carbonyl (C=O) groups excluding carboxylic acids is 3. The normalized spacial score (nSPS) is 12.7.